The van der Waals surface area contributed by atoms with Gasteiger partial charge < -0.3 is 14.6 Å². The van der Waals surface area contributed by atoms with Gasteiger partial charge in [0.2, 0.25) is 6.79 Å². The van der Waals surface area contributed by atoms with E-state index in [2.05, 4.69) is 20.9 Å². The Morgan fingerprint density at radius 2 is 2.21 bits per heavy atom. The lowest BCUT2D eigenvalue weighted by Crippen LogP contribution is -2.03. The molecule has 0 saturated heterocycles. The molecule has 19 heavy (non-hydrogen) atoms. The van der Waals surface area contributed by atoms with E-state index in [1.165, 1.54) is 12.3 Å². The molecule has 3 rings (SSSR count). The molecule has 0 amide bonds. The van der Waals surface area contributed by atoms with Crippen molar-refractivity contribution in [1.82, 2.24) is 4.98 Å². The Hall–Kier alpha value is -1.66. The molecule has 0 aliphatic carbocycles. The molecule has 1 aromatic heterocycles. The van der Waals surface area contributed by atoms with E-state index in [0.717, 1.165) is 6.20 Å². The van der Waals surface area contributed by atoms with Crippen molar-refractivity contribution in [2.75, 3.05) is 6.79 Å². The second-order valence-electron chi connectivity index (χ2n) is 4.04. The minimum Gasteiger partial charge on any atom is -0.454 e. The van der Waals surface area contributed by atoms with Gasteiger partial charge in [-0.15, -0.1) is 0 Å². The number of pyridine rings is 1. The fourth-order valence-corrected chi connectivity index (χ4v) is 2.51. The molecule has 1 unspecified atom stereocenters. The third-order valence-electron chi connectivity index (χ3n) is 2.86. The van der Waals surface area contributed by atoms with Gasteiger partial charge in [-0.1, -0.05) is 0 Å². The number of ether oxygens (including phenoxy) is 2. The van der Waals surface area contributed by atoms with E-state index in [4.69, 9.17) is 9.47 Å². The highest BCUT2D eigenvalue weighted by Crippen LogP contribution is 2.42. The summed E-state index contributed by atoms with van der Waals surface area (Å²) >= 11 is 3.34. The van der Waals surface area contributed by atoms with E-state index in [1.54, 1.807) is 12.1 Å². The Labute approximate surface area is 116 Å². The summed E-state index contributed by atoms with van der Waals surface area (Å²) in [4.78, 5) is 3.66. The lowest BCUT2D eigenvalue weighted by atomic mass is 10.0. The van der Waals surface area contributed by atoms with E-state index in [-0.39, 0.29) is 12.4 Å². The van der Waals surface area contributed by atoms with Gasteiger partial charge in [0.25, 0.3) is 0 Å². The van der Waals surface area contributed by atoms with Crippen LogP contribution in [0.1, 0.15) is 17.2 Å². The van der Waals surface area contributed by atoms with Crippen molar-refractivity contribution in [3.8, 4) is 11.5 Å². The molecule has 2 heterocycles. The van der Waals surface area contributed by atoms with Crippen molar-refractivity contribution in [3.63, 3.8) is 0 Å². The zero-order valence-corrected chi connectivity index (χ0v) is 11.2. The maximum atomic E-state index is 13.6. The van der Waals surface area contributed by atoms with Crippen LogP contribution in [-0.2, 0) is 0 Å². The first-order valence-electron chi connectivity index (χ1n) is 5.53. The van der Waals surface area contributed by atoms with Crippen LogP contribution in [0.4, 0.5) is 4.39 Å². The van der Waals surface area contributed by atoms with Gasteiger partial charge in [0, 0.05) is 11.8 Å². The van der Waals surface area contributed by atoms with E-state index >= 15 is 0 Å². The molecule has 1 aliphatic rings. The first kappa shape index (κ1) is 12.4. The van der Waals surface area contributed by atoms with Crippen LogP contribution < -0.4 is 9.47 Å². The molecule has 1 aromatic carbocycles. The van der Waals surface area contributed by atoms with Gasteiger partial charge in [-0.25, -0.2) is 4.39 Å². The second kappa shape index (κ2) is 4.79. The third kappa shape index (κ3) is 2.17. The monoisotopic (exact) mass is 325 g/mol. The molecule has 2 aromatic rings. The van der Waals surface area contributed by atoms with Crippen LogP contribution in [-0.4, -0.2) is 16.9 Å². The molecule has 0 fully saturated rings. The van der Waals surface area contributed by atoms with Crippen molar-refractivity contribution in [2.45, 2.75) is 6.10 Å². The van der Waals surface area contributed by atoms with Crippen LogP contribution in [0.15, 0.2) is 35.1 Å². The van der Waals surface area contributed by atoms with Crippen LogP contribution in [0.5, 0.6) is 11.5 Å². The van der Waals surface area contributed by atoms with Crippen molar-refractivity contribution < 1.29 is 19.0 Å². The molecule has 0 radical (unpaired) electrons. The minimum atomic E-state index is -1.09. The summed E-state index contributed by atoms with van der Waals surface area (Å²) in [6.07, 6.45) is 1.42. The van der Waals surface area contributed by atoms with Gasteiger partial charge in [-0.2, -0.15) is 0 Å². The Balaban J connectivity index is 2.03. The number of aliphatic hydroxyl groups is 1. The van der Waals surface area contributed by atoms with E-state index in [9.17, 15) is 9.50 Å². The van der Waals surface area contributed by atoms with Crippen LogP contribution in [0.3, 0.4) is 0 Å². The lowest BCUT2D eigenvalue weighted by molar-refractivity contribution is 0.173. The van der Waals surface area contributed by atoms with E-state index < -0.39 is 11.9 Å². The molecule has 4 nitrogen and oxygen atoms in total. The van der Waals surface area contributed by atoms with Crippen molar-refractivity contribution in [2.24, 2.45) is 0 Å². The standard InChI is InChI=1S/C13H9BrFNO3/c14-9-3-7(4-11-13(9)19-6-18-11)12(17)8-1-2-16-5-10(8)15/h1-5,12,17H,6H2. The fourth-order valence-electron chi connectivity index (χ4n) is 1.93. The number of halogens is 2. The number of nitrogens with zero attached hydrogens (tertiary/aromatic N) is 1. The average molecular weight is 326 g/mol. The maximum Gasteiger partial charge on any atom is 0.231 e. The van der Waals surface area contributed by atoms with Crippen LogP contribution >= 0.6 is 15.9 Å². The lowest BCUT2D eigenvalue weighted by Gasteiger charge is -2.13. The zero-order chi connectivity index (χ0) is 13.4. The smallest absolute Gasteiger partial charge is 0.231 e. The highest BCUT2D eigenvalue weighted by Gasteiger charge is 2.22. The number of hydrogen-bond acceptors (Lipinski definition) is 4. The highest BCUT2D eigenvalue weighted by molar-refractivity contribution is 9.10. The molecule has 1 N–H and O–H groups in total. The predicted molar refractivity (Wildman–Crippen MR) is 68.5 cm³/mol. The number of aliphatic hydroxyl groups excluding tert-OH is 1. The predicted octanol–water partition coefficient (Wildman–Crippen LogP) is 2.79. The Bertz CT molecular complexity index is 635. The van der Waals surface area contributed by atoms with Gasteiger partial charge in [0.15, 0.2) is 11.5 Å². The number of aromatic nitrogens is 1. The van der Waals surface area contributed by atoms with Crippen LogP contribution in [0, 0.1) is 5.82 Å². The van der Waals surface area contributed by atoms with Crippen LogP contribution in [0.25, 0.3) is 0 Å². The topological polar surface area (TPSA) is 51.6 Å². The van der Waals surface area contributed by atoms with Crippen LogP contribution in [0.2, 0.25) is 0 Å². The molecule has 0 spiro atoms. The summed E-state index contributed by atoms with van der Waals surface area (Å²) in [6, 6.07) is 4.76. The molecule has 0 saturated carbocycles. The minimum absolute atomic E-state index is 0.136. The average Bonchev–Trinajstić information content (AvgIpc) is 2.87. The SMILES string of the molecule is OC(c1cc(Br)c2c(c1)OCO2)c1ccncc1F. The van der Waals surface area contributed by atoms with Gasteiger partial charge in [-0.3, -0.25) is 4.98 Å². The Kier molecular flexibility index (Phi) is 3.12. The molecular weight excluding hydrogens is 317 g/mol. The molecule has 1 aliphatic heterocycles. The van der Waals surface area contributed by atoms with Gasteiger partial charge in [-0.05, 0) is 39.7 Å². The maximum absolute atomic E-state index is 13.6. The molecule has 6 heteroatoms. The number of fused-ring (bicyclic) bond motifs is 1. The summed E-state index contributed by atoms with van der Waals surface area (Å²) < 4.78 is 24.8. The zero-order valence-electron chi connectivity index (χ0n) is 9.64. The highest BCUT2D eigenvalue weighted by atomic mass is 79.9. The number of hydrogen-bond donors (Lipinski definition) is 1. The number of benzene rings is 1. The van der Waals surface area contributed by atoms with Crippen molar-refractivity contribution in [3.05, 3.63) is 52.0 Å². The summed E-state index contributed by atoms with van der Waals surface area (Å²) in [7, 11) is 0. The molecule has 98 valence electrons. The van der Waals surface area contributed by atoms with Crippen molar-refractivity contribution in [1.29, 1.82) is 0 Å². The first-order chi connectivity index (χ1) is 9.16. The normalized spacial score (nSPS) is 14.5. The molecule has 0 bridgehead atoms. The first-order valence-corrected chi connectivity index (χ1v) is 6.32. The fraction of sp³-hybridized carbons (Fsp3) is 0.154. The number of rotatable bonds is 2. The molecular formula is C13H9BrFNO3. The van der Waals surface area contributed by atoms with Gasteiger partial charge in [0.1, 0.15) is 11.9 Å². The van der Waals surface area contributed by atoms with E-state index in [0.29, 0.717) is 21.5 Å². The van der Waals surface area contributed by atoms with Gasteiger partial charge in [0.05, 0.1) is 10.7 Å². The summed E-state index contributed by atoms with van der Waals surface area (Å²) in [5.41, 5.74) is 0.682. The summed E-state index contributed by atoms with van der Waals surface area (Å²) in [6.45, 7) is 0.136. The summed E-state index contributed by atoms with van der Waals surface area (Å²) in [5, 5.41) is 10.2. The van der Waals surface area contributed by atoms with E-state index in [1.807, 2.05) is 0 Å². The molecule has 1 atom stereocenters. The third-order valence-corrected chi connectivity index (χ3v) is 3.45. The quantitative estimate of drug-likeness (QED) is 0.922. The Morgan fingerprint density at radius 3 is 3.00 bits per heavy atom. The summed E-state index contributed by atoms with van der Waals surface area (Å²) in [5.74, 6) is 0.563. The van der Waals surface area contributed by atoms with Crippen molar-refractivity contribution >= 4 is 15.9 Å². The van der Waals surface area contributed by atoms with Gasteiger partial charge >= 0.3 is 0 Å². The second-order valence-corrected chi connectivity index (χ2v) is 4.89. The largest absolute Gasteiger partial charge is 0.454 e. The Morgan fingerprint density at radius 1 is 1.37 bits per heavy atom.